The number of nitrogens with zero attached hydrogens (tertiary/aromatic N) is 3. The van der Waals surface area contributed by atoms with Crippen LogP contribution in [0.4, 0.5) is 0 Å². The van der Waals surface area contributed by atoms with E-state index in [9.17, 15) is 4.79 Å². The van der Waals surface area contributed by atoms with Crippen LogP contribution in [-0.2, 0) is 4.79 Å². The fourth-order valence-corrected chi connectivity index (χ4v) is 1.99. The molecule has 4 N–H and O–H groups in total. The summed E-state index contributed by atoms with van der Waals surface area (Å²) in [5, 5.41) is 13.5. The first-order valence-corrected chi connectivity index (χ1v) is 5.81. The van der Waals surface area contributed by atoms with E-state index < -0.39 is 5.41 Å². The Morgan fingerprint density at radius 2 is 1.94 bits per heavy atom. The van der Waals surface area contributed by atoms with E-state index in [2.05, 4.69) is 22.5 Å². The molecule has 1 aliphatic heterocycles. The average Bonchev–Trinajstić information content (AvgIpc) is 3.12. The van der Waals surface area contributed by atoms with E-state index in [1.54, 1.807) is 0 Å². The first-order chi connectivity index (χ1) is 8.08. The van der Waals surface area contributed by atoms with Crippen molar-refractivity contribution in [3.8, 4) is 0 Å². The van der Waals surface area contributed by atoms with Crippen molar-refractivity contribution in [2.75, 3.05) is 33.2 Å². The van der Waals surface area contributed by atoms with Gasteiger partial charge in [-0.2, -0.15) is 0 Å². The maximum atomic E-state index is 12.0. The number of oxime groups is 1. The molecule has 7 nitrogen and oxygen atoms in total. The monoisotopic (exact) mass is 241 g/mol. The fourth-order valence-electron chi connectivity index (χ4n) is 1.99. The highest BCUT2D eigenvalue weighted by atomic mass is 16.4. The summed E-state index contributed by atoms with van der Waals surface area (Å²) in [5.41, 5.74) is 7.64. The van der Waals surface area contributed by atoms with Crippen molar-refractivity contribution in [3.05, 3.63) is 0 Å². The lowest BCUT2D eigenvalue weighted by atomic mass is 10.1. The highest BCUT2D eigenvalue weighted by molar-refractivity contribution is 6.09. The normalized spacial score (nSPS) is 25.6. The second-order valence-electron chi connectivity index (χ2n) is 4.80. The molecule has 2 fully saturated rings. The Morgan fingerprint density at radius 1 is 1.35 bits per heavy atom. The van der Waals surface area contributed by atoms with Crippen LogP contribution in [0.2, 0.25) is 0 Å². The molecule has 17 heavy (non-hydrogen) atoms. The molecule has 0 radical (unpaired) electrons. The Morgan fingerprint density at radius 3 is 2.41 bits per heavy atom. The van der Waals surface area contributed by atoms with Gasteiger partial charge in [-0.25, -0.2) is 5.01 Å². The van der Waals surface area contributed by atoms with Crippen molar-refractivity contribution in [2.45, 2.75) is 12.8 Å². The Hall–Kier alpha value is -1.34. The third-order valence-corrected chi connectivity index (χ3v) is 3.55. The summed E-state index contributed by atoms with van der Waals surface area (Å²) < 4.78 is 0. The number of carbonyl (C=O) groups excluding carboxylic acids is 1. The molecule has 7 heteroatoms. The number of hydrazine groups is 1. The van der Waals surface area contributed by atoms with Gasteiger partial charge in [-0.1, -0.05) is 5.16 Å². The first-order valence-electron chi connectivity index (χ1n) is 5.81. The molecule has 2 rings (SSSR count). The topological polar surface area (TPSA) is 94.2 Å². The van der Waals surface area contributed by atoms with E-state index in [0.29, 0.717) is 12.8 Å². The van der Waals surface area contributed by atoms with Crippen LogP contribution in [0.1, 0.15) is 12.8 Å². The number of hydrogen-bond donors (Lipinski definition) is 3. The maximum Gasteiger partial charge on any atom is 0.248 e. The largest absolute Gasteiger partial charge is 0.409 e. The highest BCUT2D eigenvalue weighted by Gasteiger charge is 2.54. The number of nitrogens with two attached hydrogens (primary N) is 1. The molecular formula is C10H19N5O2. The van der Waals surface area contributed by atoms with Crippen LogP contribution in [0, 0.1) is 5.41 Å². The fraction of sp³-hybridized carbons (Fsp3) is 0.800. The number of amides is 1. The number of likely N-dealkylation sites (N-methyl/N-ethyl adjacent to an activating group) is 1. The zero-order valence-electron chi connectivity index (χ0n) is 10.0. The molecule has 0 atom stereocenters. The number of carbonyl (C=O) groups is 1. The molecule has 2 aliphatic rings. The van der Waals surface area contributed by atoms with Crippen LogP contribution in [-0.4, -0.2) is 60.1 Å². The molecule has 1 saturated carbocycles. The Balaban J connectivity index is 1.90. The van der Waals surface area contributed by atoms with Gasteiger partial charge in [0.1, 0.15) is 5.41 Å². The molecule has 1 aliphatic carbocycles. The van der Waals surface area contributed by atoms with Gasteiger partial charge in [0.15, 0.2) is 5.84 Å². The summed E-state index contributed by atoms with van der Waals surface area (Å²) in [6.45, 7) is 3.46. The van der Waals surface area contributed by atoms with Gasteiger partial charge in [0, 0.05) is 26.2 Å². The van der Waals surface area contributed by atoms with Crippen LogP contribution in [0.15, 0.2) is 5.16 Å². The van der Waals surface area contributed by atoms with Gasteiger partial charge in [0.2, 0.25) is 5.91 Å². The smallest absolute Gasteiger partial charge is 0.248 e. The standard InChI is InChI=1S/C10H19N5O2/c1-14-4-6-15(7-5-14)12-9(16)10(2-3-10)8(11)13-17/h17H,2-7H2,1H3,(H2,11,13)(H,12,16). The molecule has 1 heterocycles. The zero-order chi connectivity index (χ0) is 12.5. The Bertz CT molecular complexity index is 332. The summed E-state index contributed by atoms with van der Waals surface area (Å²) in [6.07, 6.45) is 1.31. The van der Waals surface area contributed by atoms with Gasteiger partial charge in [-0.05, 0) is 19.9 Å². The van der Waals surface area contributed by atoms with Gasteiger partial charge in [-0.3, -0.25) is 10.2 Å². The molecule has 1 amide bonds. The van der Waals surface area contributed by atoms with Crippen LogP contribution in [0.5, 0.6) is 0 Å². The number of nitrogens with one attached hydrogen (secondary N) is 1. The van der Waals surface area contributed by atoms with Crippen molar-refractivity contribution in [2.24, 2.45) is 16.3 Å². The summed E-state index contributed by atoms with van der Waals surface area (Å²) >= 11 is 0. The summed E-state index contributed by atoms with van der Waals surface area (Å²) in [4.78, 5) is 14.2. The van der Waals surface area contributed by atoms with Crippen molar-refractivity contribution in [3.63, 3.8) is 0 Å². The predicted molar refractivity (Wildman–Crippen MR) is 62.3 cm³/mol. The molecule has 0 unspecified atom stereocenters. The summed E-state index contributed by atoms with van der Waals surface area (Å²) in [6, 6.07) is 0. The molecule has 0 spiro atoms. The number of rotatable bonds is 3. The van der Waals surface area contributed by atoms with E-state index in [4.69, 9.17) is 10.9 Å². The summed E-state index contributed by atoms with van der Waals surface area (Å²) in [5.74, 6) is -0.138. The zero-order valence-corrected chi connectivity index (χ0v) is 10.0. The van der Waals surface area contributed by atoms with E-state index in [1.165, 1.54) is 0 Å². The molecular weight excluding hydrogens is 222 g/mol. The predicted octanol–water partition coefficient (Wildman–Crippen LogP) is -1.21. The highest BCUT2D eigenvalue weighted by Crippen LogP contribution is 2.46. The Kier molecular flexibility index (Phi) is 3.21. The third-order valence-electron chi connectivity index (χ3n) is 3.55. The molecule has 96 valence electrons. The van der Waals surface area contributed by atoms with Gasteiger partial charge in [0.25, 0.3) is 0 Å². The van der Waals surface area contributed by atoms with Crippen molar-refractivity contribution < 1.29 is 10.0 Å². The lowest BCUT2D eigenvalue weighted by Crippen LogP contribution is -2.55. The van der Waals surface area contributed by atoms with E-state index in [1.807, 2.05) is 5.01 Å². The van der Waals surface area contributed by atoms with Gasteiger partial charge in [-0.15, -0.1) is 0 Å². The van der Waals surface area contributed by atoms with E-state index in [-0.39, 0.29) is 11.7 Å². The number of amidine groups is 1. The molecule has 0 aromatic rings. The van der Waals surface area contributed by atoms with Crippen molar-refractivity contribution in [1.29, 1.82) is 0 Å². The van der Waals surface area contributed by atoms with Gasteiger partial charge >= 0.3 is 0 Å². The SMILES string of the molecule is CN1CCN(NC(=O)C2(C(N)=NO)CC2)CC1. The van der Waals surface area contributed by atoms with Crippen LogP contribution in [0.3, 0.4) is 0 Å². The van der Waals surface area contributed by atoms with Gasteiger partial charge in [0.05, 0.1) is 0 Å². The second kappa shape index (κ2) is 4.50. The molecule has 0 bridgehead atoms. The van der Waals surface area contributed by atoms with Gasteiger partial charge < -0.3 is 15.8 Å². The second-order valence-corrected chi connectivity index (χ2v) is 4.80. The number of piperazine rings is 1. The quantitative estimate of drug-likeness (QED) is 0.249. The minimum absolute atomic E-state index is 0.0177. The molecule has 0 aromatic carbocycles. The average molecular weight is 241 g/mol. The minimum Gasteiger partial charge on any atom is -0.409 e. The van der Waals surface area contributed by atoms with Crippen LogP contribution in [0.25, 0.3) is 0 Å². The first kappa shape index (κ1) is 12.1. The lowest BCUT2D eigenvalue weighted by molar-refractivity contribution is -0.129. The van der Waals surface area contributed by atoms with Crippen LogP contribution < -0.4 is 11.2 Å². The maximum absolute atomic E-state index is 12.0. The minimum atomic E-state index is -0.766. The Labute approximate surface area is 100 Å². The number of hydrogen-bond acceptors (Lipinski definition) is 5. The van der Waals surface area contributed by atoms with Crippen molar-refractivity contribution >= 4 is 11.7 Å². The van der Waals surface area contributed by atoms with E-state index >= 15 is 0 Å². The molecule has 0 aromatic heterocycles. The third kappa shape index (κ3) is 2.34. The summed E-state index contributed by atoms with van der Waals surface area (Å²) in [7, 11) is 2.05. The molecule has 1 saturated heterocycles. The van der Waals surface area contributed by atoms with Crippen molar-refractivity contribution in [1.82, 2.24) is 15.3 Å². The van der Waals surface area contributed by atoms with E-state index in [0.717, 1.165) is 26.2 Å². The lowest BCUT2D eigenvalue weighted by Gasteiger charge is -2.33. The van der Waals surface area contributed by atoms with Crippen LogP contribution >= 0.6 is 0 Å².